The number of aliphatic imine (C=N–C) groups is 1. The average molecular weight is 552 g/mol. The number of rotatable bonds is 7. The molecule has 186 valence electrons. The first-order valence-corrected chi connectivity index (χ1v) is 11.6. The molecule has 2 N–H and O–H groups in total. The third-order valence-corrected chi connectivity index (χ3v) is 5.86. The minimum atomic E-state index is -1.43. The molecule has 2 aromatic carbocycles. The topological polar surface area (TPSA) is 102 Å². The predicted molar refractivity (Wildman–Crippen MR) is 135 cm³/mol. The summed E-state index contributed by atoms with van der Waals surface area (Å²) in [5.74, 6) is -2.37. The molecule has 8 nitrogen and oxygen atoms in total. The summed E-state index contributed by atoms with van der Waals surface area (Å²) in [5.41, 5.74) is 1.29. The zero-order valence-electron chi connectivity index (χ0n) is 18.6. The summed E-state index contributed by atoms with van der Waals surface area (Å²) in [6.07, 6.45) is -0.521. The largest absolute Gasteiger partial charge is 0.475 e. The van der Waals surface area contributed by atoms with Crippen molar-refractivity contribution in [3.05, 3.63) is 86.2 Å². The van der Waals surface area contributed by atoms with Gasteiger partial charge in [0.25, 0.3) is 11.8 Å². The number of nitrogens with one attached hydrogen (secondary N) is 2. The number of nitrogens with zero attached hydrogens (tertiary/aromatic N) is 2. The second-order valence-electron chi connectivity index (χ2n) is 7.48. The SMILES string of the molecule is COCCOc1ncc(F)cc1C(=O)NC1N=C(c2c(Cl)cc(Cl)cc2Cl)c2ccccc2NC1=O. The number of benzene rings is 2. The molecule has 1 aromatic heterocycles. The Kier molecular flexibility index (Phi) is 8.05. The molecule has 0 fully saturated rings. The molecule has 2 heterocycles. The summed E-state index contributed by atoms with van der Waals surface area (Å²) in [6, 6.07) is 10.8. The van der Waals surface area contributed by atoms with Crippen LogP contribution in [0.3, 0.4) is 0 Å². The summed E-state index contributed by atoms with van der Waals surface area (Å²) in [4.78, 5) is 34.5. The first-order chi connectivity index (χ1) is 17.3. The highest BCUT2D eigenvalue weighted by molar-refractivity contribution is 6.44. The molecule has 3 aromatic rings. The highest BCUT2D eigenvalue weighted by Gasteiger charge is 2.30. The lowest BCUT2D eigenvalue weighted by Gasteiger charge is -2.16. The van der Waals surface area contributed by atoms with E-state index in [1.165, 1.54) is 19.2 Å². The predicted octanol–water partition coefficient (Wildman–Crippen LogP) is 4.75. The first-order valence-electron chi connectivity index (χ1n) is 10.5. The van der Waals surface area contributed by atoms with Crippen molar-refractivity contribution in [2.45, 2.75) is 6.17 Å². The molecule has 1 aliphatic rings. The number of hydrogen-bond acceptors (Lipinski definition) is 6. The lowest BCUT2D eigenvalue weighted by atomic mass is 10.0. The quantitative estimate of drug-likeness (QED) is 0.413. The van der Waals surface area contributed by atoms with Crippen molar-refractivity contribution in [2.75, 3.05) is 25.6 Å². The lowest BCUT2D eigenvalue weighted by Crippen LogP contribution is -2.42. The van der Waals surface area contributed by atoms with Crippen LogP contribution in [-0.2, 0) is 9.53 Å². The second-order valence-corrected chi connectivity index (χ2v) is 8.73. The fourth-order valence-corrected chi connectivity index (χ4v) is 4.45. The van der Waals surface area contributed by atoms with Gasteiger partial charge < -0.3 is 20.1 Å². The van der Waals surface area contributed by atoms with E-state index in [9.17, 15) is 14.0 Å². The number of aromatic nitrogens is 1. The van der Waals surface area contributed by atoms with Gasteiger partial charge >= 0.3 is 0 Å². The summed E-state index contributed by atoms with van der Waals surface area (Å²) in [5, 5.41) is 5.94. The maximum Gasteiger partial charge on any atom is 0.269 e. The van der Waals surface area contributed by atoms with E-state index in [0.29, 0.717) is 21.8 Å². The number of ether oxygens (including phenoxy) is 2. The van der Waals surface area contributed by atoms with E-state index >= 15 is 0 Å². The molecule has 0 saturated heterocycles. The Balaban J connectivity index is 1.75. The normalized spacial score (nSPS) is 14.9. The van der Waals surface area contributed by atoms with Crippen LogP contribution in [0.15, 0.2) is 53.7 Å². The maximum absolute atomic E-state index is 13.9. The number of pyridine rings is 1. The molecule has 4 rings (SSSR count). The van der Waals surface area contributed by atoms with Crippen molar-refractivity contribution >= 4 is 58.0 Å². The van der Waals surface area contributed by atoms with Crippen LogP contribution in [0.1, 0.15) is 21.5 Å². The van der Waals surface area contributed by atoms with E-state index in [1.54, 1.807) is 24.3 Å². The Hall–Kier alpha value is -3.24. The van der Waals surface area contributed by atoms with E-state index in [4.69, 9.17) is 44.3 Å². The highest BCUT2D eigenvalue weighted by atomic mass is 35.5. The Morgan fingerprint density at radius 2 is 1.86 bits per heavy atom. The van der Waals surface area contributed by atoms with Gasteiger partial charge in [0.15, 0.2) is 0 Å². The van der Waals surface area contributed by atoms with Crippen molar-refractivity contribution in [2.24, 2.45) is 4.99 Å². The van der Waals surface area contributed by atoms with Crippen molar-refractivity contribution in [3.8, 4) is 5.88 Å². The smallest absolute Gasteiger partial charge is 0.269 e. The molecular weight excluding hydrogens is 534 g/mol. The van der Waals surface area contributed by atoms with Crippen LogP contribution in [-0.4, -0.2) is 49.0 Å². The minimum absolute atomic E-state index is 0.0739. The van der Waals surface area contributed by atoms with Crippen molar-refractivity contribution in [3.63, 3.8) is 0 Å². The van der Waals surface area contributed by atoms with Crippen LogP contribution in [0.25, 0.3) is 0 Å². The van der Waals surface area contributed by atoms with Gasteiger partial charge in [-0.15, -0.1) is 0 Å². The van der Waals surface area contributed by atoms with E-state index in [1.807, 2.05) is 0 Å². The number of anilines is 1. The number of hydrogen-bond donors (Lipinski definition) is 2. The number of para-hydroxylation sites is 1. The molecule has 0 bridgehead atoms. The molecule has 1 atom stereocenters. The van der Waals surface area contributed by atoms with Gasteiger partial charge in [-0.2, -0.15) is 0 Å². The third kappa shape index (κ3) is 5.60. The van der Waals surface area contributed by atoms with Gasteiger partial charge in [0.05, 0.1) is 34.2 Å². The van der Waals surface area contributed by atoms with E-state index in [2.05, 4.69) is 20.6 Å². The molecule has 0 spiro atoms. The zero-order chi connectivity index (χ0) is 25.8. The standard InChI is InChI=1S/C24H18Cl3FN4O4/c1-35-6-7-36-24-15(10-13(28)11-29-24)22(33)32-21-23(34)30-18-5-3-2-4-14(18)20(31-21)19-16(26)8-12(25)9-17(19)27/h2-5,8-11,21H,6-7H2,1H3,(H,30,34)(H,32,33). The molecule has 0 saturated carbocycles. The highest BCUT2D eigenvalue weighted by Crippen LogP contribution is 2.34. The number of carbonyl (C=O) groups excluding carboxylic acids is 2. The molecule has 0 radical (unpaired) electrons. The van der Waals surface area contributed by atoms with Gasteiger partial charge in [-0.3, -0.25) is 9.59 Å². The lowest BCUT2D eigenvalue weighted by molar-refractivity contribution is -0.117. The van der Waals surface area contributed by atoms with E-state index < -0.39 is 23.8 Å². The number of fused-ring (bicyclic) bond motifs is 1. The Morgan fingerprint density at radius 1 is 1.14 bits per heavy atom. The van der Waals surface area contributed by atoms with Gasteiger partial charge in [-0.25, -0.2) is 14.4 Å². The number of benzodiazepines with no additional fused rings is 1. The van der Waals surface area contributed by atoms with E-state index in [0.717, 1.165) is 12.3 Å². The first kappa shape index (κ1) is 25.8. The summed E-state index contributed by atoms with van der Waals surface area (Å²) in [7, 11) is 1.48. The summed E-state index contributed by atoms with van der Waals surface area (Å²) >= 11 is 19.0. The Bertz CT molecular complexity index is 1350. The van der Waals surface area contributed by atoms with Gasteiger partial charge in [0.1, 0.15) is 18.0 Å². The van der Waals surface area contributed by atoms with Crippen molar-refractivity contribution in [1.82, 2.24) is 10.3 Å². The van der Waals surface area contributed by atoms with Gasteiger partial charge in [-0.05, 0) is 24.3 Å². The number of halogens is 4. The molecule has 0 aliphatic carbocycles. The Labute approximate surface area is 220 Å². The van der Waals surface area contributed by atoms with Crippen LogP contribution >= 0.6 is 34.8 Å². The summed E-state index contributed by atoms with van der Waals surface area (Å²) in [6.45, 7) is 0.296. The monoisotopic (exact) mass is 550 g/mol. The molecular formula is C24H18Cl3FN4O4. The van der Waals surface area contributed by atoms with Crippen molar-refractivity contribution in [1.29, 1.82) is 0 Å². The van der Waals surface area contributed by atoms with Crippen LogP contribution < -0.4 is 15.4 Å². The fourth-order valence-electron chi connectivity index (χ4n) is 3.45. The van der Waals surface area contributed by atoms with Gasteiger partial charge in [0.2, 0.25) is 12.0 Å². The molecule has 12 heteroatoms. The molecule has 2 amide bonds. The van der Waals surface area contributed by atoms with Crippen LogP contribution in [0.2, 0.25) is 15.1 Å². The maximum atomic E-state index is 13.9. The van der Waals surface area contributed by atoms with Crippen molar-refractivity contribution < 1.29 is 23.5 Å². The van der Waals surface area contributed by atoms with Crippen LogP contribution in [0, 0.1) is 5.82 Å². The number of amides is 2. The van der Waals surface area contributed by atoms with Gasteiger partial charge in [-0.1, -0.05) is 53.0 Å². The number of methoxy groups -OCH3 is 1. The fraction of sp³-hybridized carbons (Fsp3) is 0.167. The molecule has 1 aliphatic heterocycles. The average Bonchev–Trinajstić information content (AvgIpc) is 2.96. The van der Waals surface area contributed by atoms with Crippen LogP contribution in [0.5, 0.6) is 5.88 Å². The van der Waals surface area contributed by atoms with E-state index in [-0.39, 0.29) is 40.4 Å². The molecule has 36 heavy (non-hydrogen) atoms. The minimum Gasteiger partial charge on any atom is -0.475 e. The van der Waals surface area contributed by atoms with Crippen LogP contribution in [0.4, 0.5) is 10.1 Å². The Morgan fingerprint density at radius 3 is 2.58 bits per heavy atom. The summed E-state index contributed by atoms with van der Waals surface area (Å²) < 4.78 is 24.3. The third-order valence-electron chi connectivity index (χ3n) is 5.05. The zero-order valence-corrected chi connectivity index (χ0v) is 20.9. The number of carbonyl (C=O) groups is 2. The van der Waals surface area contributed by atoms with Gasteiger partial charge in [0, 0.05) is 23.3 Å². The molecule has 1 unspecified atom stereocenters. The second kappa shape index (κ2) is 11.2.